The fourth-order valence-corrected chi connectivity index (χ4v) is 2.39. The van der Waals surface area contributed by atoms with Gasteiger partial charge in [0.1, 0.15) is 0 Å². The van der Waals surface area contributed by atoms with Gasteiger partial charge in [-0.25, -0.2) is 4.98 Å². The Balaban J connectivity index is 2.12. The second-order valence-electron chi connectivity index (χ2n) is 5.00. The molecule has 1 aromatic carbocycles. The average molecular weight is 280 g/mol. The first kappa shape index (κ1) is 10.1. The number of nitrogens with zero attached hydrogens (tertiary/aromatic N) is 2. The number of nitrogen functional groups attached to an aromatic ring is 1. The number of rotatable bonds is 2. The summed E-state index contributed by atoms with van der Waals surface area (Å²) in [7, 11) is 0. The molecule has 0 aliphatic heterocycles. The Morgan fingerprint density at radius 3 is 2.94 bits per heavy atom. The zero-order valence-corrected chi connectivity index (χ0v) is 10.8. The molecule has 0 unspecified atom stereocenters. The Morgan fingerprint density at radius 2 is 2.25 bits per heavy atom. The molecule has 1 saturated carbocycles. The minimum absolute atomic E-state index is 0.439. The molecule has 2 aromatic rings. The van der Waals surface area contributed by atoms with Crippen LogP contribution in [0.25, 0.3) is 11.0 Å². The highest BCUT2D eigenvalue weighted by Gasteiger charge is 2.38. The number of hydrogen-bond donors (Lipinski definition) is 1. The van der Waals surface area contributed by atoms with Gasteiger partial charge in [-0.2, -0.15) is 0 Å². The lowest BCUT2D eigenvalue weighted by Gasteiger charge is -2.11. The molecule has 1 fully saturated rings. The Kier molecular flexibility index (Phi) is 2.05. The SMILES string of the molecule is CC1(Cn2c(N)nc3cc(Br)ccc32)CC1. The predicted octanol–water partition coefficient (Wildman–Crippen LogP) is 3.18. The summed E-state index contributed by atoms with van der Waals surface area (Å²) < 4.78 is 3.18. The number of halogens is 1. The lowest BCUT2D eigenvalue weighted by molar-refractivity contribution is 0.476. The average Bonchev–Trinajstić information content (AvgIpc) is 2.86. The number of imidazole rings is 1. The van der Waals surface area contributed by atoms with Gasteiger partial charge in [-0.15, -0.1) is 0 Å². The minimum atomic E-state index is 0.439. The van der Waals surface area contributed by atoms with E-state index in [0.29, 0.717) is 11.4 Å². The number of benzene rings is 1. The van der Waals surface area contributed by atoms with Crippen molar-refractivity contribution in [1.29, 1.82) is 0 Å². The molecule has 0 radical (unpaired) electrons. The second kappa shape index (κ2) is 3.23. The number of hydrogen-bond acceptors (Lipinski definition) is 2. The molecule has 1 aliphatic rings. The molecule has 2 N–H and O–H groups in total. The fourth-order valence-electron chi connectivity index (χ4n) is 2.04. The van der Waals surface area contributed by atoms with E-state index in [4.69, 9.17) is 5.73 Å². The van der Waals surface area contributed by atoms with Gasteiger partial charge in [0.05, 0.1) is 11.0 Å². The third-order valence-electron chi connectivity index (χ3n) is 3.38. The smallest absolute Gasteiger partial charge is 0.201 e. The monoisotopic (exact) mass is 279 g/mol. The molecule has 84 valence electrons. The molecule has 3 nitrogen and oxygen atoms in total. The highest BCUT2D eigenvalue weighted by atomic mass is 79.9. The summed E-state index contributed by atoms with van der Waals surface area (Å²) in [5, 5.41) is 0. The van der Waals surface area contributed by atoms with Gasteiger partial charge < -0.3 is 10.3 Å². The van der Waals surface area contributed by atoms with Crippen LogP contribution in [0.1, 0.15) is 19.8 Å². The summed E-state index contributed by atoms with van der Waals surface area (Å²) in [6.45, 7) is 3.29. The Bertz CT molecular complexity index is 555. The molecule has 1 aliphatic carbocycles. The quantitative estimate of drug-likeness (QED) is 0.918. The molecule has 4 heteroatoms. The fraction of sp³-hybridized carbons (Fsp3) is 0.417. The van der Waals surface area contributed by atoms with E-state index in [9.17, 15) is 0 Å². The summed E-state index contributed by atoms with van der Waals surface area (Å²) in [5.41, 5.74) is 8.52. The van der Waals surface area contributed by atoms with Crippen LogP contribution in [0.5, 0.6) is 0 Å². The molecule has 0 bridgehead atoms. The van der Waals surface area contributed by atoms with E-state index in [1.807, 2.05) is 12.1 Å². The lowest BCUT2D eigenvalue weighted by atomic mass is 10.1. The number of aromatic nitrogens is 2. The van der Waals surface area contributed by atoms with Crippen LogP contribution in [0.3, 0.4) is 0 Å². The molecule has 0 saturated heterocycles. The van der Waals surface area contributed by atoms with E-state index < -0.39 is 0 Å². The number of anilines is 1. The molecule has 1 aromatic heterocycles. The van der Waals surface area contributed by atoms with Gasteiger partial charge >= 0.3 is 0 Å². The first-order valence-corrected chi connectivity index (χ1v) is 6.28. The molecule has 1 heterocycles. The molecule has 16 heavy (non-hydrogen) atoms. The van der Waals surface area contributed by atoms with Crippen LogP contribution in [0.15, 0.2) is 22.7 Å². The first-order chi connectivity index (χ1) is 7.57. The lowest BCUT2D eigenvalue weighted by Crippen LogP contribution is -2.10. The zero-order valence-electron chi connectivity index (χ0n) is 9.20. The summed E-state index contributed by atoms with van der Waals surface area (Å²) in [6, 6.07) is 6.13. The van der Waals surface area contributed by atoms with E-state index >= 15 is 0 Å². The molecule has 0 amide bonds. The first-order valence-electron chi connectivity index (χ1n) is 5.49. The third kappa shape index (κ3) is 1.61. The van der Waals surface area contributed by atoms with Crippen LogP contribution < -0.4 is 5.73 Å². The van der Waals surface area contributed by atoms with Crippen molar-refractivity contribution in [2.75, 3.05) is 5.73 Å². The summed E-state index contributed by atoms with van der Waals surface area (Å²) >= 11 is 3.45. The normalized spacial score (nSPS) is 17.9. The maximum Gasteiger partial charge on any atom is 0.201 e. The van der Waals surface area contributed by atoms with E-state index in [1.165, 1.54) is 12.8 Å². The number of nitrogens with two attached hydrogens (primary N) is 1. The molecular formula is C12H14BrN3. The maximum atomic E-state index is 5.97. The van der Waals surface area contributed by atoms with Crippen molar-refractivity contribution in [3.05, 3.63) is 22.7 Å². The van der Waals surface area contributed by atoms with Crippen LogP contribution in [0, 0.1) is 5.41 Å². The standard InChI is InChI=1S/C12H14BrN3/c1-12(4-5-12)7-16-10-3-2-8(13)6-9(10)15-11(16)14/h2-3,6H,4-5,7H2,1H3,(H2,14,15). The van der Waals surface area contributed by atoms with Crippen molar-refractivity contribution in [1.82, 2.24) is 9.55 Å². The van der Waals surface area contributed by atoms with Crippen LogP contribution in [-0.2, 0) is 6.54 Å². The van der Waals surface area contributed by atoms with Crippen LogP contribution >= 0.6 is 15.9 Å². The van der Waals surface area contributed by atoms with Gasteiger partial charge in [0.15, 0.2) is 0 Å². The van der Waals surface area contributed by atoms with Gasteiger partial charge in [-0.3, -0.25) is 0 Å². The minimum Gasteiger partial charge on any atom is -0.369 e. The molecule has 0 atom stereocenters. The molecule has 0 spiro atoms. The van der Waals surface area contributed by atoms with Crippen LogP contribution in [0.2, 0.25) is 0 Å². The van der Waals surface area contributed by atoms with Crippen molar-refractivity contribution >= 4 is 32.9 Å². The van der Waals surface area contributed by atoms with Gasteiger partial charge in [0.2, 0.25) is 5.95 Å². The summed E-state index contributed by atoms with van der Waals surface area (Å²) in [6.07, 6.45) is 2.59. The highest BCUT2D eigenvalue weighted by molar-refractivity contribution is 9.10. The summed E-state index contributed by atoms with van der Waals surface area (Å²) in [4.78, 5) is 4.40. The predicted molar refractivity (Wildman–Crippen MR) is 69.2 cm³/mol. The van der Waals surface area contributed by atoms with Gasteiger partial charge in [-0.1, -0.05) is 22.9 Å². The van der Waals surface area contributed by atoms with Gasteiger partial charge in [0.25, 0.3) is 0 Å². The Hall–Kier alpha value is -1.03. The largest absolute Gasteiger partial charge is 0.369 e. The van der Waals surface area contributed by atoms with Gasteiger partial charge in [-0.05, 0) is 36.5 Å². The zero-order chi connectivity index (χ0) is 11.3. The Morgan fingerprint density at radius 1 is 1.50 bits per heavy atom. The van der Waals surface area contributed by atoms with Crippen molar-refractivity contribution in [3.8, 4) is 0 Å². The molecular weight excluding hydrogens is 266 g/mol. The van der Waals surface area contributed by atoms with Crippen molar-refractivity contribution in [3.63, 3.8) is 0 Å². The highest BCUT2D eigenvalue weighted by Crippen LogP contribution is 2.47. The van der Waals surface area contributed by atoms with E-state index in [1.54, 1.807) is 0 Å². The third-order valence-corrected chi connectivity index (χ3v) is 3.88. The summed E-state index contributed by atoms with van der Waals surface area (Å²) in [5.74, 6) is 0.626. The number of fused-ring (bicyclic) bond motifs is 1. The van der Waals surface area contributed by atoms with Crippen LogP contribution in [0.4, 0.5) is 5.95 Å². The van der Waals surface area contributed by atoms with Crippen molar-refractivity contribution in [2.45, 2.75) is 26.3 Å². The second-order valence-corrected chi connectivity index (χ2v) is 5.92. The Labute approximate surface area is 103 Å². The van der Waals surface area contributed by atoms with E-state index in [0.717, 1.165) is 22.1 Å². The van der Waals surface area contributed by atoms with Crippen molar-refractivity contribution < 1.29 is 0 Å². The topological polar surface area (TPSA) is 43.8 Å². The van der Waals surface area contributed by atoms with Crippen LogP contribution in [-0.4, -0.2) is 9.55 Å². The van der Waals surface area contributed by atoms with E-state index in [2.05, 4.69) is 38.5 Å². The van der Waals surface area contributed by atoms with Gasteiger partial charge in [0, 0.05) is 11.0 Å². The van der Waals surface area contributed by atoms with E-state index in [-0.39, 0.29) is 0 Å². The van der Waals surface area contributed by atoms with Crippen molar-refractivity contribution in [2.24, 2.45) is 5.41 Å². The molecule has 3 rings (SSSR count). The maximum absolute atomic E-state index is 5.97.